The molecule has 51 heavy (non-hydrogen) atoms. The van der Waals surface area contributed by atoms with Crippen LogP contribution in [0, 0.1) is 29.6 Å². The molecule has 3 unspecified atom stereocenters. The van der Waals surface area contributed by atoms with Gasteiger partial charge in [-0.3, -0.25) is 19.2 Å². The van der Waals surface area contributed by atoms with Crippen LogP contribution in [-0.2, 0) is 47.6 Å². The predicted octanol–water partition coefficient (Wildman–Crippen LogP) is 3.56. The molecule has 0 radical (unpaired) electrons. The number of aliphatic hydroxyl groups is 1. The van der Waals surface area contributed by atoms with Crippen molar-refractivity contribution in [3.05, 3.63) is 12.7 Å². The molecule has 2 N–H and O–H groups in total. The number of hydrogen-bond acceptors (Lipinski definition) is 13. The van der Waals surface area contributed by atoms with E-state index in [0.717, 1.165) is 0 Å². The number of fused-ring (bicyclic) bond motifs is 1. The van der Waals surface area contributed by atoms with Gasteiger partial charge in [-0.05, 0) is 61.1 Å². The molecule has 0 aromatic carbocycles. The monoisotopic (exact) mass is 724 g/mol. The maximum absolute atomic E-state index is 14.3. The van der Waals surface area contributed by atoms with Crippen LogP contribution in [0.1, 0.15) is 88.0 Å². The minimum atomic E-state index is -1.65. The van der Waals surface area contributed by atoms with Crippen LogP contribution in [0.5, 0.6) is 0 Å². The number of Topliss-reactive ketones (excluding diaryl/α,β-unsaturated/α-hetero) is 1. The zero-order valence-electron chi connectivity index (χ0n) is 32.1. The van der Waals surface area contributed by atoms with Crippen molar-refractivity contribution in [1.29, 1.82) is 0 Å². The molecule has 3 saturated heterocycles. The highest BCUT2D eigenvalue weighted by Gasteiger charge is 2.57. The molecule has 0 saturated carbocycles. The third kappa shape index (κ3) is 9.49. The highest BCUT2D eigenvalue weighted by molar-refractivity contribution is 5.85. The quantitative estimate of drug-likeness (QED) is 0.211. The molecule has 14 heteroatoms. The lowest BCUT2D eigenvalue weighted by molar-refractivity contribution is -0.300. The molecule has 0 aliphatic carbocycles. The van der Waals surface area contributed by atoms with E-state index in [4.69, 9.17) is 28.4 Å². The van der Waals surface area contributed by atoms with Crippen molar-refractivity contribution >= 4 is 29.8 Å². The van der Waals surface area contributed by atoms with Gasteiger partial charge in [0.25, 0.3) is 0 Å². The van der Waals surface area contributed by atoms with E-state index >= 15 is 0 Å². The molecule has 0 aromatic heterocycles. The number of amides is 1. The summed E-state index contributed by atoms with van der Waals surface area (Å²) in [5, 5.41) is 14.5. The number of hydrogen-bond donors (Lipinski definition) is 2. The lowest BCUT2D eigenvalue weighted by Gasteiger charge is -2.48. The van der Waals surface area contributed by atoms with E-state index in [1.807, 2.05) is 25.9 Å². The number of nitrogens with zero attached hydrogens (tertiary/aromatic N) is 1. The highest BCUT2D eigenvalue weighted by Crippen LogP contribution is 2.45. The average molecular weight is 725 g/mol. The number of ether oxygens (including phenoxy) is 6. The van der Waals surface area contributed by atoms with E-state index in [-0.39, 0.29) is 37.3 Å². The van der Waals surface area contributed by atoms with E-state index in [9.17, 15) is 29.1 Å². The zero-order chi connectivity index (χ0) is 38.6. The van der Waals surface area contributed by atoms with Gasteiger partial charge in [-0.1, -0.05) is 33.8 Å². The highest BCUT2D eigenvalue weighted by atomic mass is 16.7. The average Bonchev–Trinajstić information content (AvgIpc) is 3.37. The minimum absolute atomic E-state index is 0.0510. The molecule has 0 aromatic rings. The Bertz CT molecular complexity index is 1290. The largest absolute Gasteiger partial charge is 0.458 e. The van der Waals surface area contributed by atoms with Gasteiger partial charge in [-0.25, -0.2) is 4.79 Å². The van der Waals surface area contributed by atoms with Crippen molar-refractivity contribution in [2.75, 3.05) is 20.6 Å². The Morgan fingerprint density at radius 1 is 1.10 bits per heavy atom. The molecule has 0 bridgehead atoms. The second kappa shape index (κ2) is 17.2. The first-order valence-electron chi connectivity index (χ1n) is 18.1. The molecule has 14 atom stereocenters. The molecule has 290 valence electrons. The maximum Gasteiger partial charge on any atom is 0.408 e. The molecule has 3 heterocycles. The van der Waals surface area contributed by atoms with E-state index in [1.165, 1.54) is 19.9 Å². The summed E-state index contributed by atoms with van der Waals surface area (Å²) in [6.07, 6.45) is -4.68. The summed E-state index contributed by atoms with van der Waals surface area (Å²) in [4.78, 5) is 68.5. The topological polar surface area (TPSA) is 176 Å². The number of aliphatic hydroxyl groups excluding tert-OH is 1. The molecule has 3 rings (SSSR count). The van der Waals surface area contributed by atoms with E-state index in [0.29, 0.717) is 12.8 Å². The first-order chi connectivity index (χ1) is 23.7. The molecule has 1 amide bonds. The van der Waals surface area contributed by atoms with Gasteiger partial charge in [0.15, 0.2) is 12.4 Å². The van der Waals surface area contributed by atoms with E-state index < -0.39 is 95.5 Å². The van der Waals surface area contributed by atoms with Gasteiger partial charge in [0.05, 0.1) is 30.6 Å². The Hall–Kier alpha value is -3.07. The molecule has 3 fully saturated rings. The fourth-order valence-electron chi connectivity index (χ4n) is 8.25. The van der Waals surface area contributed by atoms with Crippen molar-refractivity contribution in [3.8, 4) is 0 Å². The predicted molar refractivity (Wildman–Crippen MR) is 185 cm³/mol. The first-order valence-corrected chi connectivity index (χ1v) is 18.1. The Labute approximate surface area is 302 Å². The van der Waals surface area contributed by atoms with Crippen LogP contribution < -0.4 is 5.32 Å². The standard InChI is InChI=1S/C37H60N2O12/c1-13-15-38-35(45)51-36(9)18-19(3)29(42)21(5)25-17-28(41)50-37(25,10)27(14-2)48-33(44)23(7)30(43)22(6)32(36)49-34-31(47-24(8)40)26(39(11)12)16-20(4)46-34/h13,19-23,25-27,30-32,34,43H,1,14-18H2,2-12H3,(H,38,45)/t19-,20-,21?,22+,23-,25?,26+,27-,30+,31-,32-,34?,36-,37+/m1/s1. The van der Waals surface area contributed by atoms with Crippen LogP contribution in [-0.4, -0.2) is 114 Å². The number of carbonyl (C=O) groups is 5. The SMILES string of the molecule is C=CCNC(=O)O[C@]1(C)C[C@@H](C)C(=O)C(C)C2CC(=O)O[C@]2(C)[C@@H](CC)OC(=O)[C@H](C)[C@@H](O)[C@H](C)[C@H]1OC1O[C@H](C)C[C@H](N(C)C)[C@H]1OC(C)=O. The number of carbonyl (C=O) groups excluding carboxylic acids is 5. The molecule has 3 aliphatic heterocycles. The molecule has 0 spiro atoms. The van der Waals surface area contributed by atoms with Gasteiger partial charge in [0.1, 0.15) is 29.2 Å². The lowest BCUT2D eigenvalue weighted by atomic mass is 9.70. The summed E-state index contributed by atoms with van der Waals surface area (Å²) in [6, 6.07) is -0.323. The summed E-state index contributed by atoms with van der Waals surface area (Å²) in [5.41, 5.74) is -2.94. The number of likely N-dealkylation sites (N-methyl/N-ethyl adjacent to an activating group) is 1. The fraction of sp³-hybridized carbons (Fsp3) is 0.811. The Kier molecular flexibility index (Phi) is 14.3. The second-order valence-electron chi connectivity index (χ2n) is 15.3. The normalized spacial score (nSPS) is 41.1. The third-order valence-corrected chi connectivity index (χ3v) is 11.0. The summed E-state index contributed by atoms with van der Waals surface area (Å²) >= 11 is 0. The van der Waals surface area contributed by atoms with Crippen molar-refractivity contribution in [3.63, 3.8) is 0 Å². The smallest absolute Gasteiger partial charge is 0.408 e. The van der Waals surface area contributed by atoms with E-state index in [1.54, 1.807) is 41.5 Å². The maximum atomic E-state index is 14.3. The Morgan fingerprint density at radius 3 is 2.31 bits per heavy atom. The Morgan fingerprint density at radius 2 is 1.75 bits per heavy atom. The number of nitrogens with one attached hydrogen (secondary N) is 1. The molecule has 14 nitrogen and oxygen atoms in total. The minimum Gasteiger partial charge on any atom is -0.458 e. The van der Waals surface area contributed by atoms with Crippen LogP contribution in [0.3, 0.4) is 0 Å². The summed E-state index contributed by atoms with van der Waals surface area (Å²) < 4.78 is 36.8. The van der Waals surface area contributed by atoms with Gasteiger partial charge in [-0.2, -0.15) is 0 Å². The van der Waals surface area contributed by atoms with Gasteiger partial charge in [-0.15, -0.1) is 6.58 Å². The van der Waals surface area contributed by atoms with Gasteiger partial charge in [0.2, 0.25) is 0 Å². The third-order valence-electron chi connectivity index (χ3n) is 11.0. The summed E-state index contributed by atoms with van der Waals surface area (Å²) in [6.45, 7) is 18.6. The number of rotatable bonds is 8. The number of cyclic esters (lactones) is 1. The van der Waals surface area contributed by atoms with Crippen molar-refractivity contribution in [2.24, 2.45) is 29.6 Å². The number of alkyl carbamates (subject to hydrolysis) is 1. The summed E-state index contributed by atoms with van der Waals surface area (Å²) in [5.74, 6) is -6.22. The number of ketones is 1. The van der Waals surface area contributed by atoms with Crippen LogP contribution in [0.4, 0.5) is 4.79 Å². The van der Waals surface area contributed by atoms with Crippen molar-refractivity contribution in [2.45, 2.75) is 142 Å². The summed E-state index contributed by atoms with van der Waals surface area (Å²) in [7, 11) is 3.70. The van der Waals surface area contributed by atoms with Crippen molar-refractivity contribution in [1.82, 2.24) is 10.2 Å². The van der Waals surface area contributed by atoms with Crippen LogP contribution in [0.2, 0.25) is 0 Å². The van der Waals surface area contributed by atoms with Crippen LogP contribution in [0.25, 0.3) is 0 Å². The van der Waals surface area contributed by atoms with Crippen LogP contribution in [0.15, 0.2) is 12.7 Å². The van der Waals surface area contributed by atoms with E-state index in [2.05, 4.69) is 11.9 Å². The molecular weight excluding hydrogens is 664 g/mol. The molecule has 3 aliphatic rings. The van der Waals surface area contributed by atoms with Gasteiger partial charge < -0.3 is 43.7 Å². The van der Waals surface area contributed by atoms with Crippen molar-refractivity contribution < 1.29 is 57.5 Å². The Balaban J connectivity index is 2.22. The molecular formula is C37H60N2O12. The first kappa shape index (κ1) is 42.3. The van der Waals surface area contributed by atoms with Crippen LogP contribution >= 0.6 is 0 Å². The van der Waals surface area contributed by atoms with Gasteiger partial charge >= 0.3 is 24.0 Å². The lowest BCUT2D eigenvalue weighted by Crippen LogP contribution is -2.61. The zero-order valence-corrected chi connectivity index (χ0v) is 32.1. The number of esters is 3. The van der Waals surface area contributed by atoms with Gasteiger partial charge in [0, 0.05) is 37.1 Å². The second-order valence-corrected chi connectivity index (χ2v) is 15.3. The fourth-order valence-corrected chi connectivity index (χ4v) is 8.25.